The summed E-state index contributed by atoms with van der Waals surface area (Å²) in [6.45, 7) is 6.56. The third kappa shape index (κ3) is 58.1. The van der Waals surface area contributed by atoms with Gasteiger partial charge in [0.05, 0.1) is 0 Å². The summed E-state index contributed by atoms with van der Waals surface area (Å²) in [5.41, 5.74) is 0. The van der Waals surface area contributed by atoms with Crippen molar-refractivity contribution < 1.29 is 28.6 Å². The average Bonchev–Trinajstić information content (AvgIpc) is 3.37. The normalized spacial score (nSPS) is 12.3. The molecule has 0 bridgehead atoms. The Balaban J connectivity index is 4.34. The van der Waals surface area contributed by atoms with Gasteiger partial charge >= 0.3 is 17.9 Å². The Kier molecular flexibility index (Phi) is 57.7. The molecular formula is C65H118O6. The molecule has 0 radical (unpaired) electrons. The Morgan fingerprint density at radius 3 is 0.873 bits per heavy atom. The molecule has 0 N–H and O–H groups in total. The van der Waals surface area contributed by atoms with Crippen molar-refractivity contribution in [1.29, 1.82) is 0 Å². The van der Waals surface area contributed by atoms with E-state index in [1.165, 1.54) is 193 Å². The van der Waals surface area contributed by atoms with E-state index in [2.05, 4.69) is 69.4 Å². The van der Waals surface area contributed by atoms with Crippen molar-refractivity contribution in [3.63, 3.8) is 0 Å². The fourth-order valence-electron chi connectivity index (χ4n) is 9.16. The predicted molar refractivity (Wildman–Crippen MR) is 307 cm³/mol. The molecule has 6 nitrogen and oxygen atoms in total. The van der Waals surface area contributed by atoms with Crippen LogP contribution in [0.15, 0.2) is 48.6 Å². The lowest BCUT2D eigenvalue weighted by molar-refractivity contribution is -0.167. The summed E-state index contributed by atoms with van der Waals surface area (Å²) in [6, 6.07) is 0. The first-order chi connectivity index (χ1) is 35.0. The SMILES string of the molecule is CC/C=C\C/C=C\C/C=C\CCCCCCCC(=O)OC[C@H](COC(=O)CCCCCCCCCCCCCCCCCCC)OC(=O)CCCCCCCCCCCCC/C=C\CCCCCCCC. The predicted octanol–water partition coefficient (Wildman–Crippen LogP) is 21.0. The number of hydrogen-bond acceptors (Lipinski definition) is 6. The minimum atomic E-state index is -0.779. The Morgan fingerprint density at radius 1 is 0.296 bits per heavy atom. The van der Waals surface area contributed by atoms with Crippen LogP contribution in [0, 0.1) is 0 Å². The number of allylic oxidation sites excluding steroid dienone is 8. The third-order valence-corrected chi connectivity index (χ3v) is 13.8. The minimum absolute atomic E-state index is 0.0752. The van der Waals surface area contributed by atoms with Gasteiger partial charge in [0.25, 0.3) is 0 Å². The molecule has 0 amide bonds. The Morgan fingerprint density at radius 2 is 0.549 bits per heavy atom. The molecule has 414 valence electrons. The van der Waals surface area contributed by atoms with E-state index in [1.807, 2.05) is 0 Å². The highest BCUT2D eigenvalue weighted by Gasteiger charge is 2.19. The van der Waals surface area contributed by atoms with Crippen LogP contribution in [0.4, 0.5) is 0 Å². The van der Waals surface area contributed by atoms with Gasteiger partial charge in [0, 0.05) is 19.3 Å². The highest BCUT2D eigenvalue weighted by molar-refractivity contribution is 5.71. The highest BCUT2D eigenvalue weighted by atomic mass is 16.6. The first-order valence-corrected chi connectivity index (χ1v) is 31.1. The molecule has 0 rings (SSSR count). The van der Waals surface area contributed by atoms with E-state index < -0.39 is 6.10 Å². The zero-order valence-electron chi connectivity index (χ0n) is 47.5. The van der Waals surface area contributed by atoms with E-state index in [4.69, 9.17) is 14.2 Å². The van der Waals surface area contributed by atoms with Crippen LogP contribution in [-0.2, 0) is 28.6 Å². The molecule has 0 unspecified atom stereocenters. The van der Waals surface area contributed by atoms with Gasteiger partial charge in [-0.2, -0.15) is 0 Å². The first kappa shape index (κ1) is 68.4. The topological polar surface area (TPSA) is 78.9 Å². The van der Waals surface area contributed by atoms with Gasteiger partial charge in [-0.3, -0.25) is 14.4 Å². The third-order valence-electron chi connectivity index (χ3n) is 13.8. The average molecular weight is 996 g/mol. The number of hydrogen-bond donors (Lipinski definition) is 0. The molecule has 0 saturated heterocycles. The van der Waals surface area contributed by atoms with Gasteiger partial charge in [0.2, 0.25) is 0 Å². The van der Waals surface area contributed by atoms with Crippen molar-refractivity contribution in [3.05, 3.63) is 48.6 Å². The van der Waals surface area contributed by atoms with Gasteiger partial charge in [0.1, 0.15) is 13.2 Å². The molecule has 0 aliphatic rings. The molecule has 0 aromatic heterocycles. The molecule has 0 aliphatic heterocycles. The van der Waals surface area contributed by atoms with Crippen LogP contribution in [0.5, 0.6) is 0 Å². The summed E-state index contributed by atoms with van der Waals surface area (Å²) in [5.74, 6) is -0.874. The zero-order chi connectivity index (χ0) is 51.4. The lowest BCUT2D eigenvalue weighted by Gasteiger charge is -2.18. The van der Waals surface area contributed by atoms with Crippen LogP contribution < -0.4 is 0 Å². The summed E-state index contributed by atoms with van der Waals surface area (Å²) in [7, 11) is 0. The maximum atomic E-state index is 12.9. The second-order valence-corrected chi connectivity index (χ2v) is 20.9. The van der Waals surface area contributed by atoms with Gasteiger partial charge in [0.15, 0.2) is 6.10 Å². The molecule has 1 atom stereocenters. The number of ether oxygens (including phenoxy) is 3. The van der Waals surface area contributed by atoms with Crippen molar-refractivity contribution >= 4 is 17.9 Å². The van der Waals surface area contributed by atoms with Crippen molar-refractivity contribution in [2.75, 3.05) is 13.2 Å². The highest BCUT2D eigenvalue weighted by Crippen LogP contribution is 2.17. The van der Waals surface area contributed by atoms with Crippen LogP contribution in [0.25, 0.3) is 0 Å². The van der Waals surface area contributed by atoms with E-state index in [0.717, 1.165) is 96.3 Å². The van der Waals surface area contributed by atoms with Crippen LogP contribution in [0.3, 0.4) is 0 Å². The number of unbranched alkanes of at least 4 members (excludes halogenated alkanes) is 38. The molecule has 0 saturated carbocycles. The first-order valence-electron chi connectivity index (χ1n) is 31.1. The quantitative estimate of drug-likeness (QED) is 0.0261. The molecule has 6 heteroatoms. The fourth-order valence-corrected chi connectivity index (χ4v) is 9.16. The molecule has 0 aromatic rings. The van der Waals surface area contributed by atoms with Gasteiger partial charge in [-0.15, -0.1) is 0 Å². The zero-order valence-corrected chi connectivity index (χ0v) is 47.5. The number of esters is 3. The number of carbonyl (C=O) groups is 3. The van der Waals surface area contributed by atoms with Crippen molar-refractivity contribution in [3.8, 4) is 0 Å². The largest absolute Gasteiger partial charge is 0.462 e. The summed E-state index contributed by atoms with van der Waals surface area (Å²) in [5, 5.41) is 0. The van der Waals surface area contributed by atoms with Crippen LogP contribution in [0.1, 0.15) is 329 Å². The molecule has 0 spiro atoms. The molecular weight excluding hydrogens is 877 g/mol. The molecule has 0 fully saturated rings. The monoisotopic (exact) mass is 995 g/mol. The second-order valence-electron chi connectivity index (χ2n) is 20.9. The van der Waals surface area contributed by atoms with Crippen LogP contribution >= 0.6 is 0 Å². The Labute approximate surface area is 441 Å². The van der Waals surface area contributed by atoms with E-state index in [0.29, 0.717) is 19.3 Å². The van der Waals surface area contributed by atoms with Gasteiger partial charge in [-0.25, -0.2) is 0 Å². The lowest BCUT2D eigenvalue weighted by Crippen LogP contribution is -2.30. The molecule has 0 aromatic carbocycles. The van der Waals surface area contributed by atoms with Crippen LogP contribution in [-0.4, -0.2) is 37.2 Å². The van der Waals surface area contributed by atoms with E-state index >= 15 is 0 Å². The van der Waals surface area contributed by atoms with Gasteiger partial charge < -0.3 is 14.2 Å². The molecule has 0 heterocycles. The molecule has 0 aliphatic carbocycles. The van der Waals surface area contributed by atoms with E-state index in [9.17, 15) is 14.4 Å². The fraction of sp³-hybridized carbons (Fsp3) is 0.831. The number of rotatable bonds is 57. The lowest BCUT2D eigenvalue weighted by atomic mass is 10.0. The standard InChI is InChI=1S/C65H118O6/c1-4-7-10-13-16-19-22-25-28-30-31-32-33-35-38-41-44-47-50-53-56-59-65(68)71-62(60-69-63(66)57-54-51-48-45-42-39-36-27-24-21-18-15-12-9-6-3)61-70-64(67)58-55-52-49-46-43-40-37-34-29-26-23-20-17-14-11-8-5-2/h9,12,18,21,25,27-28,36,62H,4-8,10-11,13-17,19-20,22-24,26,29-35,37-61H2,1-3H3/b12-9-,21-18-,28-25-,36-27-/t62-/m1/s1. The summed E-state index contributed by atoms with van der Waals surface area (Å²) in [4.78, 5) is 38.3. The summed E-state index contributed by atoms with van der Waals surface area (Å²) >= 11 is 0. The maximum absolute atomic E-state index is 12.9. The van der Waals surface area contributed by atoms with E-state index in [-0.39, 0.29) is 31.1 Å². The number of carbonyl (C=O) groups excluding carboxylic acids is 3. The minimum Gasteiger partial charge on any atom is -0.462 e. The van der Waals surface area contributed by atoms with Crippen LogP contribution in [0.2, 0.25) is 0 Å². The Bertz CT molecular complexity index is 1230. The maximum Gasteiger partial charge on any atom is 0.306 e. The summed E-state index contributed by atoms with van der Waals surface area (Å²) in [6.07, 6.45) is 74.0. The molecule has 71 heavy (non-hydrogen) atoms. The van der Waals surface area contributed by atoms with Gasteiger partial charge in [-0.05, 0) is 77.0 Å². The van der Waals surface area contributed by atoms with Crippen molar-refractivity contribution in [2.45, 2.75) is 335 Å². The van der Waals surface area contributed by atoms with Gasteiger partial charge in [-0.1, -0.05) is 281 Å². The summed E-state index contributed by atoms with van der Waals surface area (Å²) < 4.78 is 16.9. The Hall–Kier alpha value is -2.63. The van der Waals surface area contributed by atoms with E-state index in [1.54, 1.807) is 0 Å². The second kappa shape index (κ2) is 59.9. The van der Waals surface area contributed by atoms with Crippen molar-refractivity contribution in [1.82, 2.24) is 0 Å². The van der Waals surface area contributed by atoms with Crippen molar-refractivity contribution in [2.24, 2.45) is 0 Å². The smallest absolute Gasteiger partial charge is 0.306 e.